The number of nitrogens with one attached hydrogen (secondary N) is 1. The van der Waals surface area contributed by atoms with Crippen LogP contribution in [-0.2, 0) is 0 Å². The lowest BCUT2D eigenvalue weighted by Gasteiger charge is -2.21. The van der Waals surface area contributed by atoms with E-state index in [1.165, 1.54) is 0 Å². The third-order valence-corrected chi connectivity index (χ3v) is 3.09. The predicted octanol–water partition coefficient (Wildman–Crippen LogP) is 1.86. The molecule has 0 radical (unpaired) electrons. The van der Waals surface area contributed by atoms with Crippen molar-refractivity contribution in [3.8, 4) is 0 Å². The SMILES string of the molecule is CC(C)CC(O)CNC(C/C(N)=N/O)c1ccccc1. The number of benzene rings is 1. The molecule has 0 aromatic heterocycles. The molecule has 0 amide bonds. The lowest BCUT2D eigenvalue weighted by molar-refractivity contribution is 0.142. The van der Waals surface area contributed by atoms with E-state index in [9.17, 15) is 5.11 Å². The molecular formula is C15H25N3O2. The predicted molar refractivity (Wildman–Crippen MR) is 80.7 cm³/mol. The molecular weight excluding hydrogens is 254 g/mol. The van der Waals surface area contributed by atoms with E-state index in [1.807, 2.05) is 30.3 Å². The highest BCUT2D eigenvalue weighted by Gasteiger charge is 2.15. The first-order valence-electron chi connectivity index (χ1n) is 6.95. The molecule has 5 nitrogen and oxygen atoms in total. The number of aliphatic hydroxyl groups excluding tert-OH is 1. The average molecular weight is 279 g/mol. The summed E-state index contributed by atoms with van der Waals surface area (Å²) in [5.41, 5.74) is 6.65. The largest absolute Gasteiger partial charge is 0.409 e. The quantitative estimate of drug-likeness (QED) is 0.253. The molecule has 5 N–H and O–H groups in total. The number of oxime groups is 1. The van der Waals surface area contributed by atoms with Gasteiger partial charge < -0.3 is 21.4 Å². The molecule has 2 unspecified atom stereocenters. The van der Waals surface area contributed by atoms with Crippen molar-refractivity contribution in [2.45, 2.75) is 38.8 Å². The zero-order valence-electron chi connectivity index (χ0n) is 12.2. The minimum absolute atomic E-state index is 0.0751. The molecule has 20 heavy (non-hydrogen) atoms. The number of hydrogen-bond acceptors (Lipinski definition) is 4. The van der Waals surface area contributed by atoms with E-state index in [1.54, 1.807) is 0 Å². The van der Waals surface area contributed by atoms with Gasteiger partial charge in [-0.1, -0.05) is 49.3 Å². The van der Waals surface area contributed by atoms with Gasteiger partial charge in [-0.2, -0.15) is 0 Å². The summed E-state index contributed by atoms with van der Waals surface area (Å²) in [7, 11) is 0. The van der Waals surface area contributed by atoms with Crippen molar-refractivity contribution in [3.63, 3.8) is 0 Å². The number of aliphatic hydroxyl groups is 1. The Kier molecular flexibility index (Phi) is 7.04. The smallest absolute Gasteiger partial charge is 0.141 e. The van der Waals surface area contributed by atoms with Gasteiger partial charge in [0.25, 0.3) is 0 Å². The van der Waals surface area contributed by atoms with Crippen molar-refractivity contribution in [2.75, 3.05) is 6.54 Å². The van der Waals surface area contributed by atoms with Crippen LogP contribution in [0.2, 0.25) is 0 Å². The van der Waals surface area contributed by atoms with Crippen molar-refractivity contribution in [1.29, 1.82) is 0 Å². The van der Waals surface area contributed by atoms with Gasteiger partial charge in [0.2, 0.25) is 0 Å². The maximum atomic E-state index is 9.93. The summed E-state index contributed by atoms with van der Waals surface area (Å²) in [6.07, 6.45) is 0.751. The third kappa shape index (κ3) is 6.04. The maximum Gasteiger partial charge on any atom is 0.141 e. The second-order valence-electron chi connectivity index (χ2n) is 5.45. The van der Waals surface area contributed by atoms with Gasteiger partial charge in [0.1, 0.15) is 5.84 Å². The van der Waals surface area contributed by atoms with Gasteiger partial charge in [0, 0.05) is 19.0 Å². The number of hydrogen-bond donors (Lipinski definition) is 4. The molecule has 0 fully saturated rings. The summed E-state index contributed by atoms with van der Waals surface area (Å²) in [6.45, 7) is 4.64. The Morgan fingerprint density at radius 2 is 1.95 bits per heavy atom. The maximum absolute atomic E-state index is 9.93. The molecule has 1 aromatic rings. The first-order valence-corrected chi connectivity index (χ1v) is 6.95. The van der Waals surface area contributed by atoms with Crippen LogP contribution in [0, 0.1) is 5.92 Å². The Labute approximate surface area is 120 Å². The summed E-state index contributed by atoms with van der Waals surface area (Å²) in [5, 5.41) is 25.0. The number of amidine groups is 1. The van der Waals surface area contributed by atoms with Crippen LogP contribution in [-0.4, -0.2) is 28.8 Å². The van der Waals surface area contributed by atoms with E-state index in [0.717, 1.165) is 12.0 Å². The van der Waals surface area contributed by atoms with Gasteiger partial charge in [-0.25, -0.2) is 0 Å². The normalized spacial score (nSPS) is 15.3. The van der Waals surface area contributed by atoms with E-state index < -0.39 is 6.10 Å². The molecule has 1 rings (SSSR count). The highest BCUT2D eigenvalue weighted by Crippen LogP contribution is 2.17. The minimum Gasteiger partial charge on any atom is -0.409 e. The van der Waals surface area contributed by atoms with Crippen LogP contribution < -0.4 is 11.1 Å². The van der Waals surface area contributed by atoms with E-state index in [4.69, 9.17) is 10.9 Å². The van der Waals surface area contributed by atoms with Gasteiger partial charge >= 0.3 is 0 Å². The summed E-state index contributed by atoms with van der Waals surface area (Å²) in [5.74, 6) is 0.621. The second kappa shape index (κ2) is 8.55. The van der Waals surface area contributed by atoms with Crippen molar-refractivity contribution in [1.82, 2.24) is 5.32 Å². The summed E-state index contributed by atoms with van der Waals surface area (Å²) in [4.78, 5) is 0. The highest BCUT2D eigenvalue weighted by atomic mass is 16.4. The van der Waals surface area contributed by atoms with E-state index >= 15 is 0 Å². The zero-order chi connectivity index (χ0) is 15.0. The van der Waals surface area contributed by atoms with Crippen LogP contribution in [0.15, 0.2) is 35.5 Å². The second-order valence-corrected chi connectivity index (χ2v) is 5.45. The Bertz CT molecular complexity index is 407. The van der Waals surface area contributed by atoms with Crippen LogP contribution in [0.3, 0.4) is 0 Å². The third-order valence-electron chi connectivity index (χ3n) is 3.09. The van der Waals surface area contributed by atoms with Crippen LogP contribution >= 0.6 is 0 Å². The molecule has 0 heterocycles. The topological polar surface area (TPSA) is 90.9 Å². The van der Waals surface area contributed by atoms with Gasteiger partial charge in [0.15, 0.2) is 0 Å². The fourth-order valence-corrected chi connectivity index (χ4v) is 2.15. The fourth-order valence-electron chi connectivity index (χ4n) is 2.15. The molecule has 0 bridgehead atoms. The average Bonchev–Trinajstić information content (AvgIpc) is 2.43. The molecule has 5 heteroatoms. The van der Waals surface area contributed by atoms with Crippen LogP contribution in [0.4, 0.5) is 0 Å². The Morgan fingerprint density at radius 3 is 2.50 bits per heavy atom. The fraction of sp³-hybridized carbons (Fsp3) is 0.533. The zero-order valence-corrected chi connectivity index (χ0v) is 12.2. The van der Waals surface area contributed by atoms with Gasteiger partial charge in [0.05, 0.1) is 6.10 Å². The molecule has 0 saturated heterocycles. The molecule has 2 atom stereocenters. The van der Waals surface area contributed by atoms with E-state index in [-0.39, 0.29) is 11.9 Å². The van der Waals surface area contributed by atoms with Gasteiger partial charge in [-0.15, -0.1) is 0 Å². The minimum atomic E-state index is -0.395. The summed E-state index contributed by atoms with van der Waals surface area (Å²) < 4.78 is 0. The summed E-state index contributed by atoms with van der Waals surface area (Å²) >= 11 is 0. The molecule has 112 valence electrons. The van der Waals surface area contributed by atoms with Crippen LogP contribution in [0.1, 0.15) is 38.3 Å². The Balaban J connectivity index is 2.64. The van der Waals surface area contributed by atoms with E-state index in [0.29, 0.717) is 18.9 Å². The van der Waals surface area contributed by atoms with Crippen molar-refractivity contribution in [3.05, 3.63) is 35.9 Å². The first kappa shape index (κ1) is 16.5. The monoisotopic (exact) mass is 279 g/mol. The number of rotatable bonds is 8. The van der Waals surface area contributed by atoms with Crippen LogP contribution in [0.5, 0.6) is 0 Å². The van der Waals surface area contributed by atoms with Gasteiger partial charge in [-0.3, -0.25) is 0 Å². The van der Waals surface area contributed by atoms with Crippen molar-refractivity contribution in [2.24, 2.45) is 16.8 Å². The molecule has 0 spiro atoms. The lowest BCUT2D eigenvalue weighted by Crippen LogP contribution is -2.33. The summed E-state index contributed by atoms with van der Waals surface area (Å²) in [6, 6.07) is 9.72. The Hall–Kier alpha value is -1.59. The lowest BCUT2D eigenvalue weighted by atomic mass is 10.0. The first-order chi connectivity index (χ1) is 9.52. The Morgan fingerprint density at radius 1 is 1.30 bits per heavy atom. The standard InChI is InChI=1S/C15H25N3O2/c1-11(2)8-13(19)10-17-14(9-15(16)18-20)12-6-4-3-5-7-12/h3-7,11,13-14,17,19-20H,8-10H2,1-2H3,(H2,16,18). The number of nitrogens with two attached hydrogens (primary N) is 1. The highest BCUT2D eigenvalue weighted by molar-refractivity contribution is 5.80. The van der Waals surface area contributed by atoms with Crippen molar-refractivity contribution >= 4 is 5.84 Å². The molecule has 1 aromatic carbocycles. The molecule has 0 aliphatic rings. The molecule has 0 aliphatic heterocycles. The number of nitrogens with zero attached hydrogens (tertiary/aromatic N) is 1. The van der Waals surface area contributed by atoms with Crippen LogP contribution in [0.25, 0.3) is 0 Å². The van der Waals surface area contributed by atoms with E-state index in [2.05, 4.69) is 24.3 Å². The molecule has 0 aliphatic carbocycles. The van der Waals surface area contributed by atoms with Gasteiger partial charge in [-0.05, 0) is 17.9 Å². The molecule has 0 saturated carbocycles. The van der Waals surface area contributed by atoms with Crippen molar-refractivity contribution < 1.29 is 10.3 Å².